The number of hydrogen-bond donors (Lipinski definition) is 1. The van der Waals surface area contributed by atoms with E-state index in [1.54, 1.807) is 0 Å². The van der Waals surface area contributed by atoms with Gasteiger partial charge in [-0.1, -0.05) is 0 Å². The monoisotopic (exact) mass is 161 g/mol. The van der Waals surface area contributed by atoms with Crippen molar-refractivity contribution in [2.45, 2.75) is 5.60 Å². The Morgan fingerprint density at radius 1 is 0.909 bits per heavy atom. The van der Waals surface area contributed by atoms with E-state index in [4.69, 9.17) is 5.11 Å². The maximum atomic E-state index is 9.70. The Labute approximate surface area is 59.5 Å². The van der Waals surface area contributed by atoms with Gasteiger partial charge in [0, 0.05) is 0 Å². The first-order valence-corrected chi connectivity index (χ1v) is 2.20. The van der Waals surface area contributed by atoms with Crippen molar-refractivity contribution in [3.63, 3.8) is 0 Å². The Kier molecular flexibility index (Phi) is 2.17. The minimum atomic E-state index is -4.08. The summed E-state index contributed by atoms with van der Waals surface area (Å²) in [6, 6.07) is 0. The third kappa shape index (κ3) is 1.27. The topological polar surface area (TPSA) is 141 Å². The van der Waals surface area contributed by atoms with Crippen LogP contribution in [-0.2, 0) is 14.4 Å². The Hall–Kier alpha value is -1.63. The molecule has 0 aliphatic heterocycles. The second-order valence-corrected chi connectivity index (χ2v) is 1.57. The Bertz CT molecular complexity index is 180. The summed E-state index contributed by atoms with van der Waals surface area (Å²) >= 11 is 0. The molecular weight excluding hydrogens is 160 g/mol. The summed E-state index contributed by atoms with van der Waals surface area (Å²) < 4.78 is 0. The van der Waals surface area contributed by atoms with Gasteiger partial charge in [-0.2, -0.15) is 0 Å². The number of carboxylic acids is 3. The van der Waals surface area contributed by atoms with Crippen molar-refractivity contribution >= 4 is 17.9 Å². The molecule has 1 N–H and O–H groups in total. The summed E-state index contributed by atoms with van der Waals surface area (Å²) in [5.74, 6) is -8.13. The van der Waals surface area contributed by atoms with Crippen molar-refractivity contribution in [3.8, 4) is 0 Å². The molecule has 0 saturated heterocycles. The summed E-state index contributed by atoms with van der Waals surface area (Å²) in [6.07, 6.45) is 0. The normalized spacial score (nSPS) is 10.6. The Balaban J connectivity index is 4.99. The summed E-state index contributed by atoms with van der Waals surface area (Å²) in [4.78, 5) is 29.1. The lowest BCUT2D eigenvalue weighted by molar-refractivity contribution is -0.367. The molecular formula is C4HO7-3. The molecule has 0 amide bonds. The van der Waals surface area contributed by atoms with Crippen molar-refractivity contribution in [3.05, 3.63) is 0 Å². The van der Waals surface area contributed by atoms with Gasteiger partial charge in [-0.05, 0) is 0 Å². The first kappa shape index (κ1) is 9.37. The van der Waals surface area contributed by atoms with Crippen molar-refractivity contribution in [2.24, 2.45) is 0 Å². The van der Waals surface area contributed by atoms with E-state index in [9.17, 15) is 29.7 Å². The number of carboxylic acid groups (broad SMARTS) is 3. The van der Waals surface area contributed by atoms with E-state index in [1.807, 2.05) is 0 Å². The Morgan fingerprint density at radius 3 is 1.09 bits per heavy atom. The Morgan fingerprint density at radius 2 is 1.09 bits per heavy atom. The fourth-order valence-electron chi connectivity index (χ4n) is 0.250. The van der Waals surface area contributed by atoms with Gasteiger partial charge in [0.15, 0.2) is 5.60 Å². The van der Waals surface area contributed by atoms with Crippen LogP contribution < -0.4 is 15.3 Å². The summed E-state index contributed by atoms with van der Waals surface area (Å²) in [6.45, 7) is 0. The van der Waals surface area contributed by atoms with E-state index in [0.29, 0.717) is 0 Å². The van der Waals surface area contributed by atoms with E-state index >= 15 is 0 Å². The molecule has 0 unspecified atom stereocenters. The molecule has 0 aliphatic rings. The van der Waals surface area contributed by atoms with Crippen LogP contribution in [0.25, 0.3) is 0 Å². The van der Waals surface area contributed by atoms with E-state index in [2.05, 4.69) is 0 Å². The summed E-state index contributed by atoms with van der Waals surface area (Å²) in [5, 5.41) is 37.4. The smallest absolute Gasteiger partial charge is 0.183 e. The molecule has 0 bridgehead atoms. The fraction of sp³-hybridized carbons (Fsp3) is 0.250. The van der Waals surface area contributed by atoms with Crippen LogP contribution in [0.5, 0.6) is 0 Å². The second kappa shape index (κ2) is 2.54. The van der Waals surface area contributed by atoms with Crippen molar-refractivity contribution in [2.75, 3.05) is 0 Å². The molecule has 0 atom stereocenters. The number of aliphatic carboxylic acids is 3. The molecule has 0 aromatic heterocycles. The third-order valence-corrected chi connectivity index (χ3v) is 0.886. The van der Waals surface area contributed by atoms with Gasteiger partial charge >= 0.3 is 0 Å². The highest BCUT2D eigenvalue weighted by molar-refractivity contribution is 6.18. The maximum Gasteiger partial charge on any atom is 0.183 e. The zero-order valence-corrected chi connectivity index (χ0v) is 4.90. The van der Waals surface area contributed by atoms with Crippen molar-refractivity contribution in [1.82, 2.24) is 0 Å². The average Bonchev–Trinajstić information content (AvgIpc) is 1.84. The lowest BCUT2D eigenvalue weighted by Gasteiger charge is -2.30. The van der Waals surface area contributed by atoms with Crippen molar-refractivity contribution in [1.29, 1.82) is 0 Å². The van der Waals surface area contributed by atoms with Crippen LogP contribution in [0.2, 0.25) is 0 Å². The number of hydrogen-bond acceptors (Lipinski definition) is 7. The highest BCUT2D eigenvalue weighted by Crippen LogP contribution is 1.98. The SMILES string of the molecule is O=C([O-])C(O)(C(=O)[O-])C(=O)[O-]. The maximum absolute atomic E-state index is 9.70. The van der Waals surface area contributed by atoms with Crippen LogP contribution in [0.15, 0.2) is 0 Å². The first-order chi connectivity index (χ1) is 4.83. The molecule has 0 spiro atoms. The predicted octanol–water partition coefficient (Wildman–Crippen LogP) is -6.03. The standard InChI is InChI=1S/C4H4O7/c5-1(6)4(11,2(7)8)3(9)10/h11H,(H,5,6)(H,7,8)(H,9,10)/p-3. The molecule has 7 nitrogen and oxygen atoms in total. The van der Waals surface area contributed by atoms with Crippen LogP contribution in [0.4, 0.5) is 0 Å². The van der Waals surface area contributed by atoms with E-state index in [1.165, 1.54) is 0 Å². The van der Waals surface area contributed by atoms with Gasteiger partial charge in [-0.3, -0.25) is 0 Å². The third-order valence-electron chi connectivity index (χ3n) is 0.886. The molecule has 0 aliphatic carbocycles. The number of rotatable bonds is 3. The second-order valence-electron chi connectivity index (χ2n) is 1.57. The molecule has 0 saturated carbocycles. The predicted molar refractivity (Wildman–Crippen MR) is 20.0 cm³/mol. The zero-order valence-electron chi connectivity index (χ0n) is 4.90. The lowest BCUT2D eigenvalue weighted by atomic mass is 10.1. The molecule has 0 aromatic rings. The minimum absolute atomic E-state index is 2.71. The zero-order chi connectivity index (χ0) is 9.23. The first-order valence-electron chi connectivity index (χ1n) is 2.20. The lowest BCUT2D eigenvalue weighted by Crippen LogP contribution is -2.68. The van der Waals surface area contributed by atoms with Gasteiger partial charge in [0.1, 0.15) is 0 Å². The number of carbonyl (C=O) groups is 3. The van der Waals surface area contributed by atoms with E-state index in [-0.39, 0.29) is 0 Å². The largest absolute Gasteiger partial charge is 0.546 e. The average molecular weight is 161 g/mol. The number of aliphatic hydroxyl groups is 1. The van der Waals surface area contributed by atoms with Crippen LogP contribution >= 0.6 is 0 Å². The minimum Gasteiger partial charge on any atom is -0.546 e. The molecule has 0 heterocycles. The molecule has 0 radical (unpaired) electrons. The fourth-order valence-corrected chi connectivity index (χ4v) is 0.250. The van der Waals surface area contributed by atoms with Crippen LogP contribution in [-0.4, -0.2) is 28.6 Å². The highest BCUT2D eigenvalue weighted by atomic mass is 16.5. The van der Waals surface area contributed by atoms with Crippen LogP contribution in [0.3, 0.4) is 0 Å². The summed E-state index contributed by atoms with van der Waals surface area (Å²) in [5.41, 5.74) is -4.08. The van der Waals surface area contributed by atoms with Gasteiger partial charge in [0.05, 0.1) is 17.9 Å². The van der Waals surface area contributed by atoms with E-state index in [0.717, 1.165) is 0 Å². The van der Waals surface area contributed by atoms with Gasteiger partial charge in [-0.25, -0.2) is 0 Å². The van der Waals surface area contributed by atoms with Crippen LogP contribution in [0, 0.1) is 0 Å². The van der Waals surface area contributed by atoms with Gasteiger partial charge in [0.2, 0.25) is 0 Å². The molecule has 0 rings (SSSR count). The molecule has 0 aromatic carbocycles. The van der Waals surface area contributed by atoms with Gasteiger partial charge in [-0.15, -0.1) is 0 Å². The summed E-state index contributed by atoms with van der Waals surface area (Å²) in [7, 11) is 0. The molecule has 7 heteroatoms. The van der Waals surface area contributed by atoms with Gasteiger partial charge < -0.3 is 34.8 Å². The quantitative estimate of drug-likeness (QED) is 0.406. The van der Waals surface area contributed by atoms with E-state index < -0.39 is 23.5 Å². The molecule has 62 valence electrons. The highest BCUT2D eigenvalue weighted by Gasteiger charge is 2.32. The van der Waals surface area contributed by atoms with Crippen LogP contribution in [0.1, 0.15) is 0 Å². The van der Waals surface area contributed by atoms with Crippen molar-refractivity contribution < 1.29 is 34.8 Å². The number of carbonyl (C=O) groups excluding carboxylic acids is 3. The van der Waals surface area contributed by atoms with Gasteiger partial charge in [0.25, 0.3) is 0 Å². The molecule has 0 fully saturated rings. The molecule has 11 heavy (non-hydrogen) atoms.